The summed E-state index contributed by atoms with van der Waals surface area (Å²) >= 11 is 1.67. The van der Waals surface area contributed by atoms with Crippen LogP contribution in [0.4, 0.5) is 5.69 Å². The van der Waals surface area contributed by atoms with Crippen LogP contribution in [0.15, 0.2) is 23.1 Å². The highest BCUT2D eigenvalue weighted by Crippen LogP contribution is 2.44. The van der Waals surface area contributed by atoms with E-state index >= 15 is 0 Å². The molecule has 0 saturated heterocycles. The third-order valence-electron chi connectivity index (χ3n) is 6.10. The lowest BCUT2D eigenvalue weighted by Crippen LogP contribution is -2.20. The number of pyridine rings is 1. The Morgan fingerprint density at radius 1 is 1.28 bits per heavy atom. The molecule has 0 bridgehead atoms. The van der Waals surface area contributed by atoms with E-state index in [0.29, 0.717) is 11.1 Å². The van der Waals surface area contributed by atoms with E-state index < -0.39 is 17.5 Å². The van der Waals surface area contributed by atoms with Gasteiger partial charge in [-0.1, -0.05) is 0 Å². The minimum absolute atomic E-state index is 0.197. The average Bonchev–Trinajstić information content (AvgIpc) is 3.42. The number of aliphatic hydroxyl groups excluding tert-OH is 1. The van der Waals surface area contributed by atoms with Gasteiger partial charge in [0.15, 0.2) is 0 Å². The molecular weight excluding hydrogens is 388 g/mol. The van der Waals surface area contributed by atoms with Crippen LogP contribution in [0.3, 0.4) is 0 Å². The Hall–Kier alpha value is -2.64. The van der Waals surface area contributed by atoms with E-state index in [1.807, 2.05) is 17.6 Å². The van der Waals surface area contributed by atoms with Crippen LogP contribution < -0.4 is 11.2 Å². The number of nitrogens with zero attached hydrogens (tertiary/aromatic N) is 1. The number of hydrogen-bond donors (Lipinski definition) is 3. The Labute approximate surface area is 171 Å². The predicted molar refractivity (Wildman–Crippen MR) is 114 cm³/mol. The first-order chi connectivity index (χ1) is 13.9. The summed E-state index contributed by atoms with van der Waals surface area (Å²) in [6.45, 7) is 1.96. The molecule has 1 saturated carbocycles. The summed E-state index contributed by atoms with van der Waals surface area (Å²) in [5, 5.41) is 20.1. The predicted octanol–water partition coefficient (Wildman–Crippen LogP) is 4.02. The Morgan fingerprint density at radius 3 is 2.69 bits per heavy atom. The third-order valence-corrected chi connectivity index (χ3v) is 7.34. The van der Waals surface area contributed by atoms with Crippen LogP contribution in [0.1, 0.15) is 64.2 Å². The Balaban J connectivity index is 1.81. The second-order valence-corrected chi connectivity index (χ2v) is 9.21. The van der Waals surface area contributed by atoms with E-state index in [4.69, 9.17) is 5.73 Å². The number of aryl methyl sites for hydroxylation is 2. The van der Waals surface area contributed by atoms with Crippen LogP contribution in [0.5, 0.6) is 0 Å². The molecule has 6 nitrogen and oxygen atoms in total. The van der Waals surface area contributed by atoms with Crippen molar-refractivity contribution in [3.8, 4) is 10.4 Å². The van der Waals surface area contributed by atoms with Crippen molar-refractivity contribution in [1.29, 1.82) is 0 Å². The van der Waals surface area contributed by atoms with Gasteiger partial charge in [0.1, 0.15) is 5.56 Å². The summed E-state index contributed by atoms with van der Waals surface area (Å²) < 4.78 is 1.93. The van der Waals surface area contributed by atoms with Gasteiger partial charge in [-0.2, -0.15) is 0 Å². The van der Waals surface area contributed by atoms with E-state index in [9.17, 15) is 19.8 Å². The number of carboxylic acid groups (broad SMARTS) is 1. The molecule has 2 aromatic heterocycles. The topological polar surface area (TPSA) is 106 Å². The van der Waals surface area contributed by atoms with E-state index in [1.165, 1.54) is 11.1 Å². The van der Waals surface area contributed by atoms with Gasteiger partial charge in [0.25, 0.3) is 0 Å². The molecule has 0 radical (unpaired) electrons. The fraction of sp³-hybridized carbons (Fsp3) is 0.364. The number of carboxylic acids is 1. The van der Waals surface area contributed by atoms with Crippen LogP contribution in [0.2, 0.25) is 0 Å². The number of aromatic nitrogens is 1. The monoisotopic (exact) mass is 410 g/mol. The van der Waals surface area contributed by atoms with Gasteiger partial charge in [-0.25, -0.2) is 4.79 Å². The van der Waals surface area contributed by atoms with Crippen molar-refractivity contribution in [2.45, 2.75) is 51.2 Å². The zero-order chi connectivity index (χ0) is 20.4. The molecule has 1 aromatic carbocycles. The average molecular weight is 410 g/mol. The second kappa shape index (κ2) is 6.43. The zero-order valence-electron chi connectivity index (χ0n) is 16.1. The summed E-state index contributed by atoms with van der Waals surface area (Å²) in [7, 11) is 0. The second-order valence-electron chi connectivity index (χ2n) is 8.07. The summed E-state index contributed by atoms with van der Waals surface area (Å²) in [5.74, 6) is -1.23. The first kappa shape index (κ1) is 18.4. The molecule has 1 atom stereocenters. The zero-order valence-corrected chi connectivity index (χ0v) is 16.9. The molecule has 3 aromatic rings. The first-order valence-corrected chi connectivity index (χ1v) is 10.7. The third kappa shape index (κ3) is 2.80. The fourth-order valence-corrected chi connectivity index (χ4v) is 5.79. The van der Waals surface area contributed by atoms with Crippen molar-refractivity contribution in [3.63, 3.8) is 0 Å². The molecular formula is C22H22N2O4S. The number of thiophene rings is 1. The highest BCUT2D eigenvalue weighted by Gasteiger charge is 2.29. The van der Waals surface area contributed by atoms with E-state index in [2.05, 4.69) is 0 Å². The number of anilines is 1. The summed E-state index contributed by atoms with van der Waals surface area (Å²) in [5.41, 5.74) is 9.44. The van der Waals surface area contributed by atoms with Crippen LogP contribution in [-0.2, 0) is 6.42 Å². The van der Waals surface area contributed by atoms with Crippen LogP contribution in [0, 0.1) is 6.92 Å². The SMILES string of the molecule is Cc1c(-c2cc3c(s2)CCCC3O)cc(N)c2c(=O)c(C(=O)O)cn(C3CC3)c12. The fourth-order valence-electron chi connectivity index (χ4n) is 4.46. The van der Waals surface area contributed by atoms with Gasteiger partial charge < -0.3 is 20.5 Å². The molecule has 4 N–H and O–H groups in total. The molecule has 29 heavy (non-hydrogen) atoms. The minimum atomic E-state index is -1.23. The van der Waals surface area contributed by atoms with Gasteiger partial charge in [-0.05, 0) is 67.9 Å². The molecule has 0 amide bonds. The number of aliphatic hydroxyl groups is 1. The van der Waals surface area contributed by atoms with Gasteiger partial charge in [-0.15, -0.1) is 11.3 Å². The van der Waals surface area contributed by atoms with E-state index in [1.54, 1.807) is 17.4 Å². The number of hydrogen-bond acceptors (Lipinski definition) is 5. The highest BCUT2D eigenvalue weighted by atomic mass is 32.1. The van der Waals surface area contributed by atoms with Crippen LogP contribution in [-0.4, -0.2) is 20.7 Å². The number of rotatable bonds is 3. The molecule has 7 heteroatoms. The van der Waals surface area contributed by atoms with Gasteiger partial charge in [0.05, 0.1) is 17.0 Å². The van der Waals surface area contributed by atoms with E-state index in [-0.39, 0.29) is 11.6 Å². The minimum Gasteiger partial charge on any atom is -0.477 e. The number of aromatic carboxylic acids is 1. The first-order valence-electron chi connectivity index (χ1n) is 9.89. The molecule has 2 heterocycles. The van der Waals surface area contributed by atoms with Gasteiger partial charge in [-0.3, -0.25) is 4.79 Å². The Morgan fingerprint density at radius 2 is 2.03 bits per heavy atom. The number of nitrogens with two attached hydrogens (primary N) is 1. The summed E-state index contributed by atoms with van der Waals surface area (Å²) in [6.07, 6.45) is 5.69. The number of nitrogen functional groups attached to an aromatic ring is 1. The van der Waals surface area contributed by atoms with E-state index in [0.717, 1.165) is 59.2 Å². The van der Waals surface area contributed by atoms with Crippen LogP contribution in [0.25, 0.3) is 21.3 Å². The normalized spacial score (nSPS) is 18.8. The molecule has 150 valence electrons. The summed E-state index contributed by atoms with van der Waals surface area (Å²) in [6, 6.07) is 4.02. The Bertz CT molecular complexity index is 1240. The van der Waals surface area contributed by atoms with Crippen molar-refractivity contribution in [3.05, 3.63) is 50.1 Å². The molecule has 0 aliphatic heterocycles. The maximum atomic E-state index is 12.9. The lowest BCUT2D eigenvalue weighted by Gasteiger charge is -2.17. The lowest BCUT2D eigenvalue weighted by molar-refractivity contribution is 0.0695. The van der Waals surface area contributed by atoms with Gasteiger partial charge in [0.2, 0.25) is 5.43 Å². The maximum absolute atomic E-state index is 12.9. The largest absolute Gasteiger partial charge is 0.477 e. The highest BCUT2D eigenvalue weighted by molar-refractivity contribution is 7.15. The smallest absolute Gasteiger partial charge is 0.341 e. The molecule has 5 rings (SSSR count). The molecule has 1 unspecified atom stereocenters. The van der Waals surface area contributed by atoms with Crippen molar-refractivity contribution >= 4 is 33.9 Å². The molecule has 1 fully saturated rings. The van der Waals surface area contributed by atoms with Gasteiger partial charge >= 0.3 is 5.97 Å². The number of carbonyl (C=O) groups is 1. The lowest BCUT2D eigenvalue weighted by atomic mass is 9.94. The van der Waals surface area contributed by atoms with Crippen molar-refractivity contribution in [2.24, 2.45) is 0 Å². The quantitative estimate of drug-likeness (QED) is 0.566. The number of benzene rings is 1. The summed E-state index contributed by atoms with van der Waals surface area (Å²) in [4.78, 5) is 26.7. The molecule has 2 aliphatic rings. The Kier molecular flexibility index (Phi) is 4.08. The van der Waals surface area contributed by atoms with Gasteiger partial charge in [0, 0.05) is 27.7 Å². The van der Waals surface area contributed by atoms with Crippen molar-refractivity contribution < 1.29 is 15.0 Å². The molecule has 2 aliphatic carbocycles. The number of fused-ring (bicyclic) bond motifs is 2. The molecule has 0 spiro atoms. The maximum Gasteiger partial charge on any atom is 0.341 e. The van der Waals surface area contributed by atoms with Crippen molar-refractivity contribution in [2.75, 3.05) is 5.73 Å². The van der Waals surface area contributed by atoms with Crippen molar-refractivity contribution in [1.82, 2.24) is 4.57 Å². The standard InChI is InChI=1S/C22H22N2O4S/c1-10-12(18-8-13-16(25)3-2-4-17(13)29-18)7-15(23)19-20(10)24(11-5-6-11)9-14(21(19)26)22(27)28/h7-9,11,16,25H,2-6,23H2,1H3,(H,27,28). The van der Waals surface area contributed by atoms with Crippen LogP contribution >= 0.6 is 11.3 Å².